The number of carbonyl (C=O) groups excluding carboxylic acids is 1. The summed E-state index contributed by atoms with van der Waals surface area (Å²) in [6, 6.07) is 10.6. The maximum absolute atomic E-state index is 12.9. The van der Waals surface area contributed by atoms with Crippen molar-refractivity contribution in [2.24, 2.45) is 5.92 Å². The molecule has 2 aromatic rings. The summed E-state index contributed by atoms with van der Waals surface area (Å²) >= 11 is 7.89. The van der Waals surface area contributed by atoms with Crippen LogP contribution in [0.1, 0.15) is 30.6 Å². The first kappa shape index (κ1) is 17.8. The largest absolute Gasteiger partial charge is 0.495 e. The van der Waals surface area contributed by atoms with Crippen LogP contribution in [0.4, 0.5) is 5.69 Å². The maximum atomic E-state index is 12.9. The quantitative estimate of drug-likeness (QED) is 0.797. The van der Waals surface area contributed by atoms with Gasteiger partial charge in [0.2, 0.25) is 5.91 Å². The van der Waals surface area contributed by atoms with Crippen molar-refractivity contribution in [1.82, 2.24) is 4.90 Å². The second-order valence-electron chi connectivity index (χ2n) is 7.14. The number of benzene rings is 1. The molecule has 1 N–H and O–H groups in total. The fourth-order valence-corrected chi connectivity index (χ4v) is 5.23. The highest BCUT2D eigenvalue weighted by Crippen LogP contribution is 2.40. The van der Waals surface area contributed by atoms with Crippen molar-refractivity contribution in [2.45, 2.75) is 44.3 Å². The predicted octanol–water partition coefficient (Wildman–Crippen LogP) is 4.79. The van der Waals surface area contributed by atoms with Gasteiger partial charge in [0.15, 0.2) is 0 Å². The van der Waals surface area contributed by atoms with Gasteiger partial charge in [0.05, 0.1) is 12.8 Å². The first-order valence-electron chi connectivity index (χ1n) is 9.06. The normalized spacial score (nSPS) is 25.2. The van der Waals surface area contributed by atoms with Crippen molar-refractivity contribution >= 4 is 34.5 Å². The van der Waals surface area contributed by atoms with Crippen LogP contribution in [0, 0.1) is 5.92 Å². The van der Waals surface area contributed by atoms with E-state index in [-0.39, 0.29) is 11.8 Å². The van der Waals surface area contributed by atoms with Gasteiger partial charge < -0.3 is 10.1 Å². The number of hydrogen-bond acceptors (Lipinski definition) is 4. The summed E-state index contributed by atoms with van der Waals surface area (Å²) in [7, 11) is 1.60. The minimum Gasteiger partial charge on any atom is -0.495 e. The molecule has 1 aromatic carbocycles. The molecule has 4 rings (SSSR count). The zero-order chi connectivity index (χ0) is 18.1. The molecule has 3 heterocycles. The van der Waals surface area contributed by atoms with Gasteiger partial charge in [-0.3, -0.25) is 9.69 Å². The maximum Gasteiger partial charge on any atom is 0.227 e. The Kier molecular flexibility index (Phi) is 5.20. The molecular formula is C20H23ClN2O2S. The lowest BCUT2D eigenvalue weighted by molar-refractivity contribution is -0.122. The van der Waals surface area contributed by atoms with Crippen LogP contribution in [0.2, 0.25) is 5.02 Å². The van der Waals surface area contributed by atoms with Crippen LogP contribution >= 0.6 is 22.9 Å². The Hall–Kier alpha value is -1.56. The van der Waals surface area contributed by atoms with E-state index in [0.29, 0.717) is 28.5 Å². The Morgan fingerprint density at radius 3 is 2.73 bits per heavy atom. The van der Waals surface area contributed by atoms with E-state index in [1.165, 1.54) is 17.7 Å². The monoisotopic (exact) mass is 390 g/mol. The summed E-state index contributed by atoms with van der Waals surface area (Å²) in [5, 5.41) is 5.76. The Bertz CT molecular complexity index is 766. The number of nitrogens with one attached hydrogen (secondary N) is 1. The number of amides is 1. The minimum absolute atomic E-state index is 0.0516. The van der Waals surface area contributed by atoms with Crippen molar-refractivity contribution < 1.29 is 9.53 Å². The van der Waals surface area contributed by atoms with Gasteiger partial charge in [0.25, 0.3) is 0 Å². The molecule has 2 unspecified atom stereocenters. The molecule has 4 nitrogen and oxygen atoms in total. The Morgan fingerprint density at radius 2 is 2.08 bits per heavy atom. The number of fused-ring (bicyclic) bond motifs is 2. The van der Waals surface area contributed by atoms with Gasteiger partial charge in [-0.1, -0.05) is 17.7 Å². The second-order valence-corrected chi connectivity index (χ2v) is 8.61. The number of nitrogens with zero attached hydrogens (tertiary/aromatic N) is 1. The van der Waals surface area contributed by atoms with Gasteiger partial charge in [-0.2, -0.15) is 0 Å². The van der Waals surface area contributed by atoms with Crippen molar-refractivity contribution in [3.05, 3.63) is 45.6 Å². The molecule has 0 spiro atoms. The number of methoxy groups -OCH3 is 1. The Morgan fingerprint density at radius 1 is 1.31 bits per heavy atom. The molecular weight excluding hydrogens is 368 g/mol. The third-order valence-electron chi connectivity index (χ3n) is 5.59. The molecule has 0 aliphatic carbocycles. The van der Waals surface area contributed by atoms with Gasteiger partial charge in [0, 0.05) is 34.4 Å². The van der Waals surface area contributed by atoms with E-state index in [1.54, 1.807) is 25.3 Å². The molecule has 2 saturated heterocycles. The van der Waals surface area contributed by atoms with E-state index in [0.717, 1.165) is 19.4 Å². The summed E-state index contributed by atoms with van der Waals surface area (Å²) in [6.45, 7) is 1.02. The lowest BCUT2D eigenvalue weighted by Gasteiger charge is -2.38. The highest BCUT2D eigenvalue weighted by molar-refractivity contribution is 7.09. The van der Waals surface area contributed by atoms with Crippen LogP contribution in [0.15, 0.2) is 35.7 Å². The van der Waals surface area contributed by atoms with Crippen molar-refractivity contribution in [2.75, 3.05) is 12.4 Å². The molecule has 0 radical (unpaired) electrons. The Balaban J connectivity index is 1.42. The van der Waals surface area contributed by atoms with Gasteiger partial charge >= 0.3 is 0 Å². The molecule has 0 saturated carbocycles. The molecule has 26 heavy (non-hydrogen) atoms. The minimum atomic E-state index is 0.0516. The molecule has 6 heteroatoms. The van der Waals surface area contributed by atoms with Crippen LogP contribution in [-0.4, -0.2) is 30.0 Å². The second kappa shape index (κ2) is 7.59. The highest BCUT2D eigenvalue weighted by Gasteiger charge is 2.42. The highest BCUT2D eigenvalue weighted by atomic mass is 35.5. The van der Waals surface area contributed by atoms with Gasteiger partial charge in [-0.15, -0.1) is 11.3 Å². The van der Waals surface area contributed by atoms with E-state index in [9.17, 15) is 4.79 Å². The van der Waals surface area contributed by atoms with Crippen molar-refractivity contribution in [3.8, 4) is 5.75 Å². The number of hydrogen-bond donors (Lipinski definition) is 1. The van der Waals surface area contributed by atoms with Crippen LogP contribution in [0.3, 0.4) is 0 Å². The molecule has 2 aliphatic heterocycles. The topological polar surface area (TPSA) is 41.6 Å². The first-order chi connectivity index (χ1) is 12.6. The lowest BCUT2D eigenvalue weighted by atomic mass is 9.89. The van der Waals surface area contributed by atoms with E-state index in [2.05, 4.69) is 27.7 Å². The summed E-state index contributed by atoms with van der Waals surface area (Å²) in [5.41, 5.74) is 0.651. The van der Waals surface area contributed by atoms with E-state index in [1.807, 2.05) is 11.3 Å². The third kappa shape index (κ3) is 3.61. The zero-order valence-electron chi connectivity index (χ0n) is 14.8. The van der Waals surface area contributed by atoms with E-state index < -0.39 is 0 Å². The van der Waals surface area contributed by atoms with Gasteiger partial charge in [-0.05, 0) is 55.3 Å². The fraction of sp³-hybridized carbons (Fsp3) is 0.450. The SMILES string of the molecule is COc1ccc(Cl)cc1NC(=O)C1CC2CCC(C1)N2Cc1cccs1. The van der Waals surface area contributed by atoms with E-state index in [4.69, 9.17) is 16.3 Å². The summed E-state index contributed by atoms with van der Waals surface area (Å²) in [5.74, 6) is 0.773. The molecule has 1 aromatic heterocycles. The number of piperidine rings is 1. The number of rotatable bonds is 5. The van der Waals surface area contributed by atoms with Crippen molar-refractivity contribution in [3.63, 3.8) is 0 Å². The average molecular weight is 391 g/mol. The fourth-order valence-electron chi connectivity index (χ4n) is 4.34. The standard InChI is InChI=1S/C20H23ClN2O2S/c1-25-19-7-4-14(21)11-18(19)22-20(24)13-9-15-5-6-16(10-13)23(15)12-17-3-2-8-26-17/h2-4,7-8,11,13,15-16H,5-6,9-10,12H2,1H3,(H,22,24). The van der Waals surface area contributed by atoms with Crippen LogP contribution in [-0.2, 0) is 11.3 Å². The lowest BCUT2D eigenvalue weighted by Crippen LogP contribution is -2.45. The van der Waals surface area contributed by atoms with Crippen LogP contribution < -0.4 is 10.1 Å². The molecule has 2 aliphatic rings. The predicted molar refractivity (Wildman–Crippen MR) is 106 cm³/mol. The van der Waals surface area contributed by atoms with Gasteiger partial charge in [0.1, 0.15) is 5.75 Å². The van der Waals surface area contributed by atoms with Crippen LogP contribution in [0.5, 0.6) is 5.75 Å². The molecule has 2 bridgehead atoms. The number of carbonyl (C=O) groups is 1. The molecule has 1 amide bonds. The van der Waals surface area contributed by atoms with E-state index >= 15 is 0 Å². The number of ether oxygens (including phenoxy) is 1. The molecule has 2 fully saturated rings. The summed E-state index contributed by atoms with van der Waals surface area (Å²) < 4.78 is 5.34. The zero-order valence-corrected chi connectivity index (χ0v) is 16.4. The average Bonchev–Trinajstić information content (AvgIpc) is 3.21. The number of thiophene rings is 1. The molecule has 2 atom stereocenters. The molecule has 138 valence electrons. The summed E-state index contributed by atoms with van der Waals surface area (Å²) in [6.07, 6.45) is 4.24. The number of anilines is 1. The first-order valence-corrected chi connectivity index (χ1v) is 10.3. The van der Waals surface area contributed by atoms with Crippen molar-refractivity contribution in [1.29, 1.82) is 0 Å². The smallest absolute Gasteiger partial charge is 0.227 e. The third-order valence-corrected chi connectivity index (χ3v) is 6.69. The Labute approximate surface area is 163 Å². The summed E-state index contributed by atoms with van der Waals surface area (Å²) in [4.78, 5) is 16.9. The number of halogens is 1. The van der Waals surface area contributed by atoms with Gasteiger partial charge in [-0.25, -0.2) is 0 Å². The van der Waals surface area contributed by atoms with Crippen LogP contribution in [0.25, 0.3) is 0 Å².